The summed E-state index contributed by atoms with van der Waals surface area (Å²) in [5, 5.41) is 20.0. The number of nitrogens with zero attached hydrogens (tertiary/aromatic N) is 3. The van der Waals surface area contributed by atoms with Crippen molar-refractivity contribution in [2.75, 3.05) is 18.0 Å². The molecule has 1 fully saturated rings. The zero-order valence-corrected chi connectivity index (χ0v) is 11.8. The number of ether oxygens (including phenoxy) is 1. The standard InChI is InChI=1S/C14H17N3O3/c1-10-8-16(9-14(2,3)20-10)13-5-4-12(17(18)19)6-11(13)7-15/h4-6,10H,8-9H2,1-3H3. The fraction of sp³-hybridized carbons (Fsp3) is 0.500. The molecule has 0 spiro atoms. The van der Waals surface area contributed by atoms with E-state index in [1.54, 1.807) is 6.07 Å². The summed E-state index contributed by atoms with van der Waals surface area (Å²) in [5.74, 6) is 0. The van der Waals surface area contributed by atoms with E-state index in [1.165, 1.54) is 12.1 Å². The molecule has 0 radical (unpaired) electrons. The molecule has 0 bridgehead atoms. The van der Waals surface area contributed by atoms with E-state index in [9.17, 15) is 15.4 Å². The Hall–Kier alpha value is -2.13. The zero-order valence-electron chi connectivity index (χ0n) is 11.8. The number of nitriles is 1. The molecule has 2 rings (SSSR count). The topological polar surface area (TPSA) is 79.4 Å². The van der Waals surface area contributed by atoms with Gasteiger partial charge in [-0.3, -0.25) is 10.1 Å². The van der Waals surface area contributed by atoms with Crippen LogP contribution in [0.15, 0.2) is 18.2 Å². The van der Waals surface area contributed by atoms with Gasteiger partial charge in [-0.1, -0.05) is 0 Å². The van der Waals surface area contributed by atoms with Crippen LogP contribution in [0.1, 0.15) is 26.3 Å². The Morgan fingerprint density at radius 1 is 1.55 bits per heavy atom. The van der Waals surface area contributed by atoms with Gasteiger partial charge in [0.25, 0.3) is 5.69 Å². The van der Waals surface area contributed by atoms with Gasteiger partial charge in [0, 0.05) is 25.2 Å². The van der Waals surface area contributed by atoms with E-state index in [0.717, 1.165) is 5.69 Å². The highest BCUT2D eigenvalue weighted by molar-refractivity contribution is 5.63. The lowest BCUT2D eigenvalue weighted by atomic mass is 10.0. The predicted octanol–water partition coefficient (Wildman–Crippen LogP) is 2.47. The number of anilines is 1. The second kappa shape index (κ2) is 5.10. The molecule has 106 valence electrons. The average Bonchev–Trinajstić information content (AvgIpc) is 2.35. The van der Waals surface area contributed by atoms with Crippen molar-refractivity contribution >= 4 is 11.4 Å². The van der Waals surface area contributed by atoms with Crippen LogP contribution in [0.3, 0.4) is 0 Å². The number of non-ortho nitro benzene ring substituents is 1. The Morgan fingerprint density at radius 2 is 2.25 bits per heavy atom. The van der Waals surface area contributed by atoms with E-state index in [1.807, 2.05) is 26.8 Å². The van der Waals surface area contributed by atoms with Crippen molar-refractivity contribution < 1.29 is 9.66 Å². The molecule has 0 aromatic heterocycles. The lowest BCUT2D eigenvalue weighted by Gasteiger charge is -2.43. The zero-order chi connectivity index (χ0) is 14.9. The fourth-order valence-electron chi connectivity index (χ4n) is 2.64. The number of hydrogen-bond donors (Lipinski definition) is 0. The summed E-state index contributed by atoms with van der Waals surface area (Å²) in [5.41, 5.74) is 0.669. The minimum absolute atomic E-state index is 0.0421. The van der Waals surface area contributed by atoms with Crippen molar-refractivity contribution in [3.8, 4) is 6.07 Å². The van der Waals surface area contributed by atoms with Crippen LogP contribution in [0.2, 0.25) is 0 Å². The van der Waals surface area contributed by atoms with Crippen LogP contribution in [-0.2, 0) is 4.74 Å². The van der Waals surface area contributed by atoms with Crippen molar-refractivity contribution in [1.82, 2.24) is 0 Å². The number of hydrogen-bond acceptors (Lipinski definition) is 5. The third-order valence-electron chi connectivity index (χ3n) is 3.22. The summed E-state index contributed by atoms with van der Waals surface area (Å²) in [7, 11) is 0. The van der Waals surface area contributed by atoms with Crippen molar-refractivity contribution in [1.29, 1.82) is 5.26 Å². The van der Waals surface area contributed by atoms with Crippen molar-refractivity contribution in [3.05, 3.63) is 33.9 Å². The molecular formula is C14H17N3O3. The van der Waals surface area contributed by atoms with Crippen LogP contribution < -0.4 is 4.90 Å². The highest BCUT2D eigenvalue weighted by Gasteiger charge is 2.32. The Bertz CT molecular complexity index is 578. The summed E-state index contributed by atoms with van der Waals surface area (Å²) in [4.78, 5) is 12.3. The van der Waals surface area contributed by atoms with Gasteiger partial charge in [0.2, 0.25) is 0 Å². The first-order valence-electron chi connectivity index (χ1n) is 6.44. The van der Waals surface area contributed by atoms with E-state index < -0.39 is 4.92 Å². The first-order chi connectivity index (χ1) is 9.32. The molecule has 1 aromatic carbocycles. The largest absolute Gasteiger partial charge is 0.369 e. The van der Waals surface area contributed by atoms with Crippen molar-refractivity contribution in [3.63, 3.8) is 0 Å². The summed E-state index contributed by atoms with van der Waals surface area (Å²) in [6.07, 6.45) is 0.0421. The van der Waals surface area contributed by atoms with E-state index in [-0.39, 0.29) is 17.4 Å². The minimum atomic E-state index is -0.490. The smallest absolute Gasteiger partial charge is 0.270 e. The first-order valence-corrected chi connectivity index (χ1v) is 6.44. The van der Waals surface area contributed by atoms with Crippen LogP contribution >= 0.6 is 0 Å². The van der Waals surface area contributed by atoms with Crippen LogP contribution in [-0.4, -0.2) is 29.7 Å². The number of rotatable bonds is 2. The molecule has 1 unspecified atom stereocenters. The van der Waals surface area contributed by atoms with E-state index >= 15 is 0 Å². The number of nitro benzene ring substituents is 1. The molecule has 0 aliphatic carbocycles. The second-order valence-corrected chi connectivity index (χ2v) is 5.64. The molecule has 0 saturated carbocycles. The van der Waals surface area contributed by atoms with Gasteiger partial charge in [-0.2, -0.15) is 5.26 Å². The van der Waals surface area contributed by atoms with Gasteiger partial charge in [-0.25, -0.2) is 0 Å². The minimum Gasteiger partial charge on any atom is -0.369 e. The molecule has 6 nitrogen and oxygen atoms in total. The molecule has 1 heterocycles. The molecule has 20 heavy (non-hydrogen) atoms. The number of benzene rings is 1. The van der Waals surface area contributed by atoms with E-state index in [4.69, 9.17) is 4.74 Å². The highest BCUT2D eigenvalue weighted by Crippen LogP contribution is 2.30. The van der Waals surface area contributed by atoms with Gasteiger partial charge in [0.05, 0.1) is 27.9 Å². The van der Waals surface area contributed by atoms with E-state index in [0.29, 0.717) is 18.7 Å². The summed E-state index contributed by atoms with van der Waals surface area (Å²) >= 11 is 0. The monoisotopic (exact) mass is 275 g/mol. The second-order valence-electron chi connectivity index (χ2n) is 5.64. The van der Waals surface area contributed by atoms with Gasteiger partial charge in [-0.15, -0.1) is 0 Å². The van der Waals surface area contributed by atoms with Gasteiger partial charge < -0.3 is 9.64 Å². The van der Waals surface area contributed by atoms with Crippen LogP contribution in [0.25, 0.3) is 0 Å². The molecule has 1 saturated heterocycles. The molecular weight excluding hydrogens is 258 g/mol. The molecule has 0 N–H and O–H groups in total. The summed E-state index contributed by atoms with van der Waals surface area (Å²) < 4.78 is 5.83. The molecule has 1 atom stereocenters. The van der Waals surface area contributed by atoms with E-state index in [2.05, 4.69) is 4.90 Å². The van der Waals surface area contributed by atoms with Crippen LogP contribution in [0.4, 0.5) is 11.4 Å². The Labute approximate surface area is 117 Å². The molecule has 0 amide bonds. The third-order valence-corrected chi connectivity index (χ3v) is 3.22. The van der Waals surface area contributed by atoms with Gasteiger partial charge in [-0.05, 0) is 26.8 Å². The normalized spacial score (nSPS) is 21.3. The van der Waals surface area contributed by atoms with Crippen LogP contribution in [0.5, 0.6) is 0 Å². The quantitative estimate of drug-likeness (QED) is 0.612. The summed E-state index contributed by atoms with van der Waals surface area (Å²) in [6.45, 7) is 7.27. The fourth-order valence-corrected chi connectivity index (χ4v) is 2.64. The third kappa shape index (κ3) is 2.89. The van der Waals surface area contributed by atoms with Gasteiger partial charge in [0.15, 0.2) is 0 Å². The maximum atomic E-state index is 10.8. The lowest BCUT2D eigenvalue weighted by Crippen LogP contribution is -2.52. The van der Waals surface area contributed by atoms with Crippen molar-refractivity contribution in [2.45, 2.75) is 32.5 Å². The van der Waals surface area contributed by atoms with Crippen molar-refractivity contribution in [2.24, 2.45) is 0 Å². The molecule has 1 aliphatic rings. The van der Waals surface area contributed by atoms with Crippen LogP contribution in [0, 0.1) is 21.4 Å². The Kier molecular flexibility index (Phi) is 3.64. The Morgan fingerprint density at radius 3 is 2.80 bits per heavy atom. The Balaban J connectivity index is 2.37. The number of morpholine rings is 1. The molecule has 6 heteroatoms. The number of nitro groups is 1. The van der Waals surface area contributed by atoms with Gasteiger partial charge >= 0.3 is 0 Å². The molecule has 1 aliphatic heterocycles. The maximum Gasteiger partial charge on any atom is 0.270 e. The predicted molar refractivity (Wildman–Crippen MR) is 74.7 cm³/mol. The first kappa shape index (κ1) is 14.3. The SMILES string of the molecule is CC1CN(c2ccc([N+](=O)[O-])cc2C#N)CC(C)(C)O1. The average molecular weight is 275 g/mol. The molecule has 1 aromatic rings. The summed E-state index contributed by atoms with van der Waals surface area (Å²) in [6, 6.07) is 6.44. The lowest BCUT2D eigenvalue weighted by molar-refractivity contribution is -0.384. The maximum absolute atomic E-state index is 10.8. The highest BCUT2D eigenvalue weighted by atomic mass is 16.6. The van der Waals surface area contributed by atoms with Gasteiger partial charge in [0.1, 0.15) is 6.07 Å².